The molecule has 0 amide bonds. The number of ether oxygens (including phenoxy) is 2. The molecular weight excluding hydrogens is 204 g/mol. The van der Waals surface area contributed by atoms with Gasteiger partial charge in [0, 0.05) is 19.0 Å². The number of hydrogen-bond donors (Lipinski definition) is 1. The van der Waals surface area contributed by atoms with E-state index in [2.05, 4.69) is 16.4 Å². The van der Waals surface area contributed by atoms with Gasteiger partial charge in [-0.05, 0) is 25.6 Å². The minimum absolute atomic E-state index is 0.185. The van der Waals surface area contributed by atoms with Gasteiger partial charge in [0.15, 0.2) is 0 Å². The third kappa shape index (κ3) is 4.26. The van der Waals surface area contributed by atoms with E-state index in [0.29, 0.717) is 19.8 Å². The normalized spacial score (nSPS) is 12.7. The highest BCUT2D eigenvalue weighted by atomic mass is 16.5. The average Bonchev–Trinajstić information content (AvgIpc) is 2.31. The summed E-state index contributed by atoms with van der Waals surface area (Å²) in [7, 11) is 3.59. The molecule has 1 aromatic rings. The quantitative estimate of drug-likeness (QED) is 0.709. The molecule has 90 valence electrons. The third-order valence-corrected chi connectivity index (χ3v) is 2.40. The molecule has 1 atom stereocenters. The molecular formula is C12H20N2O2. The van der Waals surface area contributed by atoms with E-state index in [1.807, 2.05) is 26.2 Å². The Morgan fingerprint density at radius 1 is 1.38 bits per heavy atom. The summed E-state index contributed by atoms with van der Waals surface area (Å²) in [6.45, 7) is 3.86. The maximum Gasteiger partial charge on any atom is 0.0701 e. The van der Waals surface area contributed by atoms with Crippen LogP contribution in [-0.2, 0) is 9.47 Å². The monoisotopic (exact) mass is 224 g/mol. The predicted molar refractivity (Wildman–Crippen MR) is 63.5 cm³/mol. The zero-order valence-electron chi connectivity index (χ0n) is 10.2. The van der Waals surface area contributed by atoms with Crippen LogP contribution in [0.5, 0.6) is 0 Å². The average molecular weight is 224 g/mol. The molecule has 0 aliphatic rings. The molecule has 4 nitrogen and oxygen atoms in total. The van der Waals surface area contributed by atoms with Gasteiger partial charge in [-0.3, -0.25) is 4.98 Å². The summed E-state index contributed by atoms with van der Waals surface area (Å²) in [6.07, 6.45) is 1.89. The van der Waals surface area contributed by atoms with Crippen molar-refractivity contribution < 1.29 is 9.47 Å². The predicted octanol–water partition coefficient (Wildman–Crippen LogP) is 1.31. The second-order valence-corrected chi connectivity index (χ2v) is 3.64. The van der Waals surface area contributed by atoms with E-state index < -0.39 is 0 Å². The highest BCUT2D eigenvalue weighted by molar-refractivity contribution is 5.17. The number of aryl methyl sites for hydroxylation is 1. The number of nitrogens with one attached hydrogen (secondary N) is 1. The standard InChI is InChI=1S/C12H20N2O2/c1-10-4-5-11(8-14-10)12(13-2)9-16-7-6-15-3/h4-5,8,12-13H,6-7,9H2,1-3H3. The molecule has 1 aromatic heterocycles. The van der Waals surface area contributed by atoms with Crippen LogP contribution in [0.3, 0.4) is 0 Å². The second kappa shape index (κ2) is 7.33. The molecule has 1 heterocycles. The summed E-state index contributed by atoms with van der Waals surface area (Å²) in [5.41, 5.74) is 2.17. The van der Waals surface area contributed by atoms with Crippen molar-refractivity contribution in [1.29, 1.82) is 0 Å². The number of nitrogens with zero attached hydrogens (tertiary/aromatic N) is 1. The van der Waals surface area contributed by atoms with Gasteiger partial charge in [-0.25, -0.2) is 0 Å². The molecule has 0 saturated carbocycles. The van der Waals surface area contributed by atoms with Crippen LogP contribution in [0.2, 0.25) is 0 Å². The van der Waals surface area contributed by atoms with E-state index in [1.165, 1.54) is 0 Å². The van der Waals surface area contributed by atoms with Gasteiger partial charge in [-0.15, -0.1) is 0 Å². The lowest BCUT2D eigenvalue weighted by atomic mass is 10.1. The number of rotatable bonds is 7. The fraction of sp³-hybridized carbons (Fsp3) is 0.583. The first-order chi connectivity index (χ1) is 7.77. The van der Waals surface area contributed by atoms with Crippen molar-refractivity contribution in [1.82, 2.24) is 10.3 Å². The van der Waals surface area contributed by atoms with Crippen LogP contribution < -0.4 is 5.32 Å². The van der Waals surface area contributed by atoms with Gasteiger partial charge in [0.05, 0.1) is 25.9 Å². The molecule has 1 N–H and O–H groups in total. The summed E-state index contributed by atoms with van der Waals surface area (Å²) in [4.78, 5) is 4.27. The Kier molecular flexibility index (Phi) is 6.00. The molecule has 0 bridgehead atoms. The molecule has 0 fully saturated rings. The van der Waals surface area contributed by atoms with Gasteiger partial charge >= 0.3 is 0 Å². The van der Waals surface area contributed by atoms with E-state index >= 15 is 0 Å². The maximum atomic E-state index is 5.50. The molecule has 0 saturated heterocycles. The van der Waals surface area contributed by atoms with Gasteiger partial charge in [0.2, 0.25) is 0 Å². The van der Waals surface area contributed by atoms with Crippen molar-refractivity contribution in [2.45, 2.75) is 13.0 Å². The third-order valence-electron chi connectivity index (χ3n) is 2.40. The summed E-state index contributed by atoms with van der Waals surface area (Å²) >= 11 is 0. The van der Waals surface area contributed by atoms with Gasteiger partial charge in [0.25, 0.3) is 0 Å². The molecule has 0 spiro atoms. The molecule has 1 unspecified atom stereocenters. The Balaban J connectivity index is 2.44. The first kappa shape index (κ1) is 13.1. The van der Waals surface area contributed by atoms with Crippen LogP contribution in [-0.4, -0.2) is 39.0 Å². The van der Waals surface area contributed by atoms with E-state index in [1.54, 1.807) is 7.11 Å². The minimum atomic E-state index is 0.185. The zero-order valence-corrected chi connectivity index (χ0v) is 10.2. The SMILES string of the molecule is CNC(COCCOC)c1ccc(C)nc1. The molecule has 4 heteroatoms. The Hall–Kier alpha value is -0.970. The Labute approximate surface area is 97.0 Å². The van der Waals surface area contributed by atoms with Gasteiger partial charge in [-0.1, -0.05) is 6.07 Å². The van der Waals surface area contributed by atoms with Crippen molar-refractivity contribution in [3.05, 3.63) is 29.6 Å². The number of likely N-dealkylation sites (N-methyl/N-ethyl adjacent to an activating group) is 1. The van der Waals surface area contributed by atoms with Crippen molar-refractivity contribution in [2.24, 2.45) is 0 Å². The lowest BCUT2D eigenvalue weighted by molar-refractivity contribution is 0.0596. The molecule has 0 aliphatic heterocycles. The van der Waals surface area contributed by atoms with Crippen LogP contribution >= 0.6 is 0 Å². The van der Waals surface area contributed by atoms with E-state index in [4.69, 9.17) is 9.47 Å². The topological polar surface area (TPSA) is 43.4 Å². The lowest BCUT2D eigenvalue weighted by Crippen LogP contribution is -2.22. The largest absolute Gasteiger partial charge is 0.382 e. The molecule has 16 heavy (non-hydrogen) atoms. The van der Waals surface area contributed by atoms with Crippen molar-refractivity contribution >= 4 is 0 Å². The fourth-order valence-corrected chi connectivity index (χ4v) is 1.38. The van der Waals surface area contributed by atoms with E-state index in [9.17, 15) is 0 Å². The summed E-state index contributed by atoms with van der Waals surface area (Å²) in [5.74, 6) is 0. The van der Waals surface area contributed by atoms with Crippen molar-refractivity contribution in [3.63, 3.8) is 0 Å². The van der Waals surface area contributed by atoms with Gasteiger partial charge in [-0.2, -0.15) is 0 Å². The van der Waals surface area contributed by atoms with Crippen LogP contribution in [0.4, 0.5) is 0 Å². The Morgan fingerprint density at radius 3 is 2.75 bits per heavy atom. The smallest absolute Gasteiger partial charge is 0.0701 e. The summed E-state index contributed by atoms with van der Waals surface area (Å²) in [5, 5.41) is 3.21. The number of aromatic nitrogens is 1. The molecule has 1 rings (SSSR count). The van der Waals surface area contributed by atoms with Crippen LogP contribution in [0, 0.1) is 6.92 Å². The number of pyridine rings is 1. The first-order valence-electron chi connectivity index (χ1n) is 5.44. The maximum absolute atomic E-state index is 5.50. The summed E-state index contributed by atoms with van der Waals surface area (Å²) < 4.78 is 10.4. The van der Waals surface area contributed by atoms with Crippen LogP contribution in [0.25, 0.3) is 0 Å². The minimum Gasteiger partial charge on any atom is -0.382 e. The molecule has 0 aromatic carbocycles. The highest BCUT2D eigenvalue weighted by Gasteiger charge is 2.09. The highest BCUT2D eigenvalue weighted by Crippen LogP contribution is 2.11. The fourth-order valence-electron chi connectivity index (χ4n) is 1.38. The van der Waals surface area contributed by atoms with Crippen molar-refractivity contribution in [2.75, 3.05) is 34.0 Å². The first-order valence-corrected chi connectivity index (χ1v) is 5.44. The number of hydrogen-bond acceptors (Lipinski definition) is 4. The summed E-state index contributed by atoms with van der Waals surface area (Å²) in [6, 6.07) is 4.27. The Bertz CT molecular complexity index is 288. The lowest BCUT2D eigenvalue weighted by Gasteiger charge is -2.16. The second-order valence-electron chi connectivity index (χ2n) is 3.64. The number of methoxy groups -OCH3 is 1. The van der Waals surface area contributed by atoms with Gasteiger partial charge < -0.3 is 14.8 Å². The van der Waals surface area contributed by atoms with Gasteiger partial charge in [0.1, 0.15) is 0 Å². The Morgan fingerprint density at radius 2 is 2.19 bits per heavy atom. The van der Waals surface area contributed by atoms with Crippen LogP contribution in [0.15, 0.2) is 18.3 Å². The van der Waals surface area contributed by atoms with E-state index in [-0.39, 0.29) is 6.04 Å². The van der Waals surface area contributed by atoms with E-state index in [0.717, 1.165) is 11.3 Å². The van der Waals surface area contributed by atoms with Crippen molar-refractivity contribution in [3.8, 4) is 0 Å². The zero-order chi connectivity index (χ0) is 11.8. The van der Waals surface area contributed by atoms with Crippen LogP contribution in [0.1, 0.15) is 17.3 Å². The molecule has 0 aliphatic carbocycles. The molecule has 0 radical (unpaired) electrons.